The van der Waals surface area contributed by atoms with Gasteiger partial charge in [-0.3, -0.25) is 35.0 Å². The minimum atomic E-state index is -0.809. The third-order valence-electron chi connectivity index (χ3n) is 2.61. The van der Waals surface area contributed by atoms with Crippen molar-refractivity contribution >= 4 is 35.5 Å². The summed E-state index contributed by atoms with van der Waals surface area (Å²) in [7, 11) is 0. The van der Waals surface area contributed by atoms with Crippen LogP contribution in [-0.2, 0) is 0 Å². The molecule has 11 nitrogen and oxygen atoms in total. The number of rotatable bonds is 4. The van der Waals surface area contributed by atoms with Gasteiger partial charge < -0.3 is 10.1 Å². The lowest BCUT2D eigenvalue weighted by Gasteiger charge is -1.98. The van der Waals surface area contributed by atoms with Crippen LogP contribution in [0.1, 0.15) is 5.56 Å². The number of aliphatic imine (C=N–C) groups is 1. The molecule has 0 saturated carbocycles. The Morgan fingerprint density at radius 3 is 2.17 bits per heavy atom. The van der Waals surface area contributed by atoms with Gasteiger partial charge in [0.1, 0.15) is 5.56 Å². The Labute approximate surface area is 131 Å². The third kappa shape index (κ3) is 3.62. The molecule has 0 saturated heterocycles. The van der Waals surface area contributed by atoms with Gasteiger partial charge in [-0.2, -0.15) is 0 Å². The second kappa shape index (κ2) is 6.15. The largest absolute Gasteiger partial charge is 0.494 e. The second-order valence-corrected chi connectivity index (χ2v) is 4.56. The van der Waals surface area contributed by atoms with Gasteiger partial charge >= 0.3 is 0 Å². The number of H-pyrrole nitrogens is 2. The fourth-order valence-corrected chi connectivity index (χ4v) is 1.80. The minimum Gasteiger partial charge on any atom is -0.494 e. The minimum absolute atomic E-state index is 0.101. The van der Waals surface area contributed by atoms with Crippen molar-refractivity contribution in [1.82, 2.24) is 9.97 Å². The van der Waals surface area contributed by atoms with Crippen LogP contribution in [0.25, 0.3) is 0 Å². The average Bonchev–Trinajstić information content (AvgIpc) is 2.45. The molecule has 2 rings (SSSR count). The Morgan fingerprint density at radius 1 is 1.13 bits per heavy atom. The molecule has 0 aliphatic heterocycles. The van der Waals surface area contributed by atoms with Crippen molar-refractivity contribution in [3.8, 4) is 5.88 Å². The monoisotopic (exact) mass is 337 g/mol. The number of nitrogens with one attached hydrogen (secondary N) is 2. The van der Waals surface area contributed by atoms with Crippen LogP contribution in [0, 0.1) is 25.0 Å². The van der Waals surface area contributed by atoms with E-state index in [1.54, 1.807) is 0 Å². The smallest absolute Gasteiger partial charge is 0.278 e. The first-order valence-electron chi connectivity index (χ1n) is 5.81. The van der Waals surface area contributed by atoms with Gasteiger partial charge in [0.05, 0.1) is 21.6 Å². The maximum Gasteiger partial charge on any atom is 0.278 e. The number of nitro groups is 2. The molecule has 23 heavy (non-hydrogen) atoms. The van der Waals surface area contributed by atoms with Crippen LogP contribution >= 0.6 is 12.2 Å². The fraction of sp³-hybridized carbons (Fsp3) is 0. The van der Waals surface area contributed by atoms with Crippen molar-refractivity contribution in [1.29, 1.82) is 0 Å². The zero-order valence-electron chi connectivity index (χ0n) is 11.0. The summed E-state index contributed by atoms with van der Waals surface area (Å²) in [5, 5.41) is 31.1. The molecule has 0 aliphatic carbocycles. The van der Waals surface area contributed by atoms with E-state index in [2.05, 4.69) is 27.2 Å². The van der Waals surface area contributed by atoms with Crippen molar-refractivity contribution in [3.05, 3.63) is 59.1 Å². The summed E-state index contributed by atoms with van der Waals surface area (Å²) in [6.07, 6.45) is 0.905. The summed E-state index contributed by atoms with van der Waals surface area (Å²) in [4.78, 5) is 39.8. The first kappa shape index (κ1) is 16.0. The quantitative estimate of drug-likeness (QED) is 0.330. The first-order valence-corrected chi connectivity index (χ1v) is 6.22. The zero-order valence-corrected chi connectivity index (χ0v) is 11.9. The number of benzene rings is 1. The third-order valence-corrected chi connectivity index (χ3v) is 2.81. The van der Waals surface area contributed by atoms with E-state index >= 15 is 0 Å². The molecular formula is C11H7N5O6S. The number of hydrogen-bond acceptors (Lipinski definition) is 8. The molecule has 0 fully saturated rings. The van der Waals surface area contributed by atoms with Crippen LogP contribution in [0.3, 0.4) is 0 Å². The van der Waals surface area contributed by atoms with E-state index < -0.39 is 32.7 Å². The molecule has 2 aromatic rings. The SMILES string of the molecule is O=c1[nH]c(=S)[nH]c(O)c1C=Nc1cc([N+](=O)[O-])cc([N+](=O)[O-])c1. The van der Waals surface area contributed by atoms with Gasteiger partial charge in [-0.05, 0) is 12.2 Å². The maximum absolute atomic E-state index is 11.6. The molecular weight excluding hydrogens is 330 g/mol. The molecule has 12 heteroatoms. The van der Waals surface area contributed by atoms with Gasteiger partial charge in [0, 0.05) is 18.3 Å². The van der Waals surface area contributed by atoms with Crippen molar-refractivity contribution in [2.24, 2.45) is 4.99 Å². The Kier molecular flexibility index (Phi) is 4.27. The fourth-order valence-electron chi connectivity index (χ4n) is 1.61. The van der Waals surface area contributed by atoms with E-state index in [1.165, 1.54) is 0 Å². The van der Waals surface area contributed by atoms with E-state index in [0.717, 1.165) is 24.4 Å². The summed E-state index contributed by atoms with van der Waals surface area (Å²) < 4.78 is -0.101. The highest BCUT2D eigenvalue weighted by molar-refractivity contribution is 7.71. The van der Waals surface area contributed by atoms with Crippen LogP contribution in [0.4, 0.5) is 17.1 Å². The lowest BCUT2D eigenvalue weighted by molar-refractivity contribution is -0.394. The molecule has 0 aliphatic rings. The number of nitrogens with zero attached hydrogens (tertiary/aromatic N) is 3. The molecule has 118 valence electrons. The lowest BCUT2D eigenvalue weighted by Crippen LogP contribution is -2.13. The van der Waals surface area contributed by atoms with Gasteiger partial charge in [-0.25, -0.2) is 0 Å². The molecule has 0 spiro atoms. The highest BCUT2D eigenvalue weighted by Crippen LogP contribution is 2.27. The Balaban J connectivity index is 2.52. The number of hydrogen-bond donors (Lipinski definition) is 3. The molecule has 0 radical (unpaired) electrons. The van der Waals surface area contributed by atoms with Gasteiger partial charge in [0.25, 0.3) is 16.9 Å². The zero-order chi connectivity index (χ0) is 17.1. The van der Waals surface area contributed by atoms with Gasteiger partial charge in [0.15, 0.2) is 4.77 Å². The van der Waals surface area contributed by atoms with Crippen LogP contribution < -0.4 is 5.56 Å². The molecule has 1 aromatic carbocycles. The van der Waals surface area contributed by atoms with E-state index in [1.807, 2.05) is 0 Å². The lowest BCUT2D eigenvalue weighted by atomic mass is 10.2. The summed E-state index contributed by atoms with van der Waals surface area (Å²) in [6, 6.07) is 2.75. The van der Waals surface area contributed by atoms with Gasteiger partial charge in [-0.15, -0.1) is 0 Å². The molecule has 0 unspecified atom stereocenters. The second-order valence-electron chi connectivity index (χ2n) is 4.15. The van der Waals surface area contributed by atoms with Crippen molar-refractivity contribution in [2.45, 2.75) is 0 Å². The molecule has 0 bridgehead atoms. The number of non-ortho nitro benzene ring substituents is 2. The van der Waals surface area contributed by atoms with Gasteiger partial charge in [-0.1, -0.05) is 0 Å². The average molecular weight is 337 g/mol. The number of aromatic amines is 2. The van der Waals surface area contributed by atoms with E-state index in [9.17, 15) is 30.1 Å². The van der Waals surface area contributed by atoms with Gasteiger partial charge in [0.2, 0.25) is 5.88 Å². The number of aromatic hydroxyl groups is 1. The first-order chi connectivity index (χ1) is 10.8. The highest BCUT2D eigenvalue weighted by Gasteiger charge is 2.16. The van der Waals surface area contributed by atoms with Crippen LogP contribution in [0.2, 0.25) is 0 Å². The Morgan fingerprint density at radius 2 is 1.70 bits per heavy atom. The highest BCUT2D eigenvalue weighted by atomic mass is 32.1. The molecule has 0 amide bonds. The van der Waals surface area contributed by atoms with Crippen molar-refractivity contribution < 1.29 is 15.0 Å². The van der Waals surface area contributed by atoms with Crippen LogP contribution in [0.5, 0.6) is 5.88 Å². The summed E-state index contributed by atoms with van der Waals surface area (Å²) in [5.41, 5.74) is -2.22. The van der Waals surface area contributed by atoms with E-state index in [-0.39, 0.29) is 16.0 Å². The van der Waals surface area contributed by atoms with Crippen molar-refractivity contribution in [2.75, 3.05) is 0 Å². The Bertz CT molecular complexity index is 914. The predicted molar refractivity (Wildman–Crippen MR) is 80.9 cm³/mol. The number of aromatic nitrogens is 2. The molecule has 0 atom stereocenters. The standard InChI is InChI=1S/C11H7N5O6S/c17-9-8(10(18)14-11(23)13-9)4-12-5-1-6(15(19)20)3-7(2-5)16(21)22/h1-4H,(H3,13,14,17,18,23). The molecule has 3 N–H and O–H groups in total. The Hall–Kier alpha value is -3.41. The van der Waals surface area contributed by atoms with Crippen LogP contribution in [0.15, 0.2) is 28.0 Å². The predicted octanol–water partition coefficient (Wildman–Crippen LogP) is 1.71. The summed E-state index contributed by atoms with van der Waals surface area (Å²) in [5.74, 6) is -0.553. The van der Waals surface area contributed by atoms with Crippen molar-refractivity contribution in [3.63, 3.8) is 0 Å². The van der Waals surface area contributed by atoms with E-state index in [0.29, 0.717) is 0 Å². The molecule has 1 heterocycles. The summed E-state index contributed by atoms with van der Waals surface area (Å²) in [6.45, 7) is 0. The maximum atomic E-state index is 11.6. The number of nitro benzene ring substituents is 2. The topological polar surface area (TPSA) is 168 Å². The normalized spacial score (nSPS) is 10.8. The molecule has 1 aromatic heterocycles. The summed E-state index contributed by atoms with van der Waals surface area (Å²) >= 11 is 4.65. The van der Waals surface area contributed by atoms with Crippen LogP contribution in [-0.4, -0.2) is 31.1 Å². The van der Waals surface area contributed by atoms with E-state index in [4.69, 9.17) is 0 Å².